The van der Waals surface area contributed by atoms with Crippen LogP contribution in [-0.4, -0.2) is 22.5 Å². The van der Waals surface area contributed by atoms with E-state index in [2.05, 4.69) is 33.5 Å². The van der Waals surface area contributed by atoms with Crippen LogP contribution in [0.25, 0.3) is 10.9 Å². The molecule has 0 spiro atoms. The highest BCUT2D eigenvalue weighted by atomic mass is 16.5. The summed E-state index contributed by atoms with van der Waals surface area (Å²) in [7, 11) is 0. The molecule has 3 aromatic rings. The molecule has 0 saturated carbocycles. The molecule has 26 heavy (non-hydrogen) atoms. The molecule has 0 radical (unpaired) electrons. The van der Waals surface area contributed by atoms with Gasteiger partial charge < -0.3 is 10.1 Å². The third-order valence-corrected chi connectivity index (χ3v) is 4.85. The molecule has 1 N–H and O–H groups in total. The molecule has 0 aliphatic heterocycles. The van der Waals surface area contributed by atoms with Crippen molar-refractivity contribution in [3.8, 4) is 5.88 Å². The minimum atomic E-state index is -0.166. The second-order valence-electron chi connectivity index (χ2n) is 6.66. The van der Waals surface area contributed by atoms with Crippen molar-refractivity contribution in [1.29, 1.82) is 0 Å². The van der Waals surface area contributed by atoms with Crippen LogP contribution >= 0.6 is 0 Å². The van der Waals surface area contributed by atoms with Gasteiger partial charge in [-0.2, -0.15) is 0 Å². The summed E-state index contributed by atoms with van der Waals surface area (Å²) in [6, 6.07) is 14.0. The summed E-state index contributed by atoms with van der Waals surface area (Å²) in [4.78, 5) is 20.6. The number of hydrogen-bond donors (Lipinski definition) is 1. The van der Waals surface area contributed by atoms with Crippen molar-refractivity contribution in [3.05, 3.63) is 65.5 Å². The molecule has 4 rings (SSSR count). The van der Waals surface area contributed by atoms with Crippen LogP contribution in [0, 0.1) is 0 Å². The van der Waals surface area contributed by atoms with Crippen molar-refractivity contribution in [1.82, 2.24) is 15.3 Å². The average molecular weight is 347 g/mol. The minimum Gasteiger partial charge on any atom is -0.467 e. The first-order valence-electron chi connectivity index (χ1n) is 8.94. The molecular weight excluding hydrogens is 326 g/mol. The highest BCUT2D eigenvalue weighted by Crippen LogP contribution is 2.25. The van der Waals surface area contributed by atoms with E-state index in [-0.39, 0.29) is 18.6 Å². The molecule has 1 atom stereocenters. The maximum Gasteiger partial charge on any atom is 0.258 e. The predicted molar refractivity (Wildman–Crippen MR) is 100 cm³/mol. The van der Waals surface area contributed by atoms with Gasteiger partial charge in [0, 0.05) is 0 Å². The van der Waals surface area contributed by atoms with Crippen LogP contribution in [0.1, 0.15) is 36.1 Å². The maximum absolute atomic E-state index is 12.3. The van der Waals surface area contributed by atoms with Gasteiger partial charge in [-0.05, 0) is 55.0 Å². The van der Waals surface area contributed by atoms with E-state index in [4.69, 9.17) is 4.74 Å². The lowest BCUT2D eigenvalue weighted by molar-refractivity contribution is -0.123. The number of para-hydroxylation sites is 1. The quantitative estimate of drug-likeness (QED) is 0.768. The molecule has 0 saturated heterocycles. The van der Waals surface area contributed by atoms with Crippen LogP contribution in [0.5, 0.6) is 5.88 Å². The van der Waals surface area contributed by atoms with Crippen molar-refractivity contribution in [2.75, 3.05) is 6.61 Å². The van der Waals surface area contributed by atoms with Gasteiger partial charge in [-0.1, -0.05) is 30.3 Å². The molecule has 1 unspecified atom stereocenters. The standard InChI is InChI=1S/C21H21N3O2/c1-14(16-10-9-15-5-4-6-17(15)11-16)24-20(25)12-26-21-18-7-2-3-8-19(18)22-13-23-21/h2-3,7-11,13-14H,4-6,12H2,1H3,(H,24,25). The fraction of sp³-hybridized carbons (Fsp3) is 0.286. The van der Waals surface area contributed by atoms with E-state index in [1.807, 2.05) is 31.2 Å². The van der Waals surface area contributed by atoms with Gasteiger partial charge in [-0.25, -0.2) is 9.97 Å². The zero-order chi connectivity index (χ0) is 17.9. The molecule has 5 nitrogen and oxygen atoms in total. The van der Waals surface area contributed by atoms with E-state index in [1.165, 1.54) is 23.9 Å². The molecule has 0 fully saturated rings. The minimum absolute atomic E-state index is 0.0563. The molecule has 0 bridgehead atoms. The van der Waals surface area contributed by atoms with Gasteiger partial charge in [0.1, 0.15) is 6.33 Å². The van der Waals surface area contributed by atoms with Gasteiger partial charge in [0.25, 0.3) is 5.91 Å². The first kappa shape index (κ1) is 16.5. The van der Waals surface area contributed by atoms with Gasteiger partial charge in [0.05, 0.1) is 16.9 Å². The Balaban J connectivity index is 1.39. The zero-order valence-corrected chi connectivity index (χ0v) is 14.7. The van der Waals surface area contributed by atoms with E-state index in [0.29, 0.717) is 5.88 Å². The van der Waals surface area contributed by atoms with Crippen molar-refractivity contribution in [3.63, 3.8) is 0 Å². The number of aromatic nitrogens is 2. The number of ether oxygens (including phenoxy) is 1. The molecule has 1 heterocycles. The van der Waals surface area contributed by atoms with Crippen molar-refractivity contribution < 1.29 is 9.53 Å². The number of fused-ring (bicyclic) bond motifs is 2. The lowest BCUT2D eigenvalue weighted by atomic mass is 10.0. The summed E-state index contributed by atoms with van der Waals surface area (Å²) in [5.41, 5.74) is 4.77. The molecule has 132 valence electrons. The number of benzene rings is 2. The van der Waals surface area contributed by atoms with Gasteiger partial charge >= 0.3 is 0 Å². The van der Waals surface area contributed by atoms with Crippen LogP contribution < -0.4 is 10.1 Å². The number of hydrogen-bond acceptors (Lipinski definition) is 4. The summed E-state index contributed by atoms with van der Waals surface area (Å²) >= 11 is 0. The van der Waals surface area contributed by atoms with Gasteiger partial charge in [-0.3, -0.25) is 4.79 Å². The number of carbonyl (C=O) groups is 1. The Morgan fingerprint density at radius 1 is 1.15 bits per heavy atom. The summed E-state index contributed by atoms with van der Waals surface area (Å²) in [5.74, 6) is 0.261. The van der Waals surface area contributed by atoms with E-state index < -0.39 is 0 Å². The zero-order valence-electron chi connectivity index (χ0n) is 14.7. The number of aryl methyl sites for hydroxylation is 2. The topological polar surface area (TPSA) is 64.1 Å². The highest BCUT2D eigenvalue weighted by Gasteiger charge is 2.15. The molecule has 1 aliphatic carbocycles. The number of carbonyl (C=O) groups excluding carboxylic acids is 1. The summed E-state index contributed by atoms with van der Waals surface area (Å²) in [6.07, 6.45) is 4.97. The molecule has 1 amide bonds. The predicted octanol–water partition coefficient (Wildman–Crippen LogP) is 3.37. The first-order chi connectivity index (χ1) is 12.7. The largest absolute Gasteiger partial charge is 0.467 e. The van der Waals surface area contributed by atoms with Crippen LogP contribution in [0.4, 0.5) is 0 Å². The summed E-state index contributed by atoms with van der Waals surface area (Å²) in [5, 5.41) is 3.80. The Morgan fingerprint density at radius 3 is 2.92 bits per heavy atom. The summed E-state index contributed by atoms with van der Waals surface area (Å²) in [6.45, 7) is 1.92. The number of amides is 1. The second kappa shape index (κ2) is 7.12. The van der Waals surface area contributed by atoms with Crippen molar-refractivity contribution >= 4 is 16.8 Å². The van der Waals surface area contributed by atoms with Crippen molar-refractivity contribution in [2.45, 2.75) is 32.2 Å². The molecule has 1 aliphatic rings. The average Bonchev–Trinajstić information content (AvgIpc) is 3.14. The Hall–Kier alpha value is -2.95. The normalized spacial score (nSPS) is 14.0. The van der Waals surface area contributed by atoms with E-state index in [9.17, 15) is 4.79 Å². The van der Waals surface area contributed by atoms with E-state index in [0.717, 1.165) is 29.3 Å². The number of rotatable bonds is 5. The summed E-state index contributed by atoms with van der Waals surface area (Å²) < 4.78 is 5.63. The lowest BCUT2D eigenvalue weighted by Crippen LogP contribution is -2.31. The van der Waals surface area contributed by atoms with E-state index in [1.54, 1.807) is 0 Å². The Labute approximate surface area is 152 Å². The second-order valence-corrected chi connectivity index (χ2v) is 6.66. The van der Waals surface area contributed by atoms with E-state index >= 15 is 0 Å². The van der Waals surface area contributed by atoms with Crippen LogP contribution in [-0.2, 0) is 17.6 Å². The Morgan fingerprint density at radius 2 is 2.00 bits per heavy atom. The van der Waals surface area contributed by atoms with Gasteiger partial charge in [0.2, 0.25) is 5.88 Å². The molecule has 5 heteroatoms. The number of nitrogens with zero attached hydrogens (tertiary/aromatic N) is 2. The fourth-order valence-corrected chi connectivity index (χ4v) is 3.46. The van der Waals surface area contributed by atoms with Gasteiger partial charge in [-0.15, -0.1) is 0 Å². The molecule has 2 aromatic carbocycles. The van der Waals surface area contributed by atoms with Crippen molar-refractivity contribution in [2.24, 2.45) is 0 Å². The maximum atomic E-state index is 12.3. The highest BCUT2D eigenvalue weighted by molar-refractivity contribution is 5.84. The van der Waals surface area contributed by atoms with Crippen LogP contribution in [0.2, 0.25) is 0 Å². The molecule has 1 aromatic heterocycles. The third kappa shape index (κ3) is 3.38. The van der Waals surface area contributed by atoms with Gasteiger partial charge in [0.15, 0.2) is 6.61 Å². The SMILES string of the molecule is CC(NC(=O)COc1ncnc2ccccc12)c1ccc2c(c1)CCC2. The third-order valence-electron chi connectivity index (χ3n) is 4.85. The Bertz CT molecular complexity index is 950. The van der Waals surface area contributed by atoms with Crippen LogP contribution in [0.3, 0.4) is 0 Å². The number of nitrogens with one attached hydrogen (secondary N) is 1. The Kier molecular flexibility index (Phi) is 4.52. The smallest absolute Gasteiger partial charge is 0.258 e. The van der Waals surface area contributed by atoms with Crippen LogP contribution in [0.15, 0.2) is 48.8 Å². The fourth-order valence-electron chi connectivity index (χ4n) is 3.46. The monoisotopic (exact) mass is 347 g/mol. The lowest BCUT2D eigenvalue weighted by Gasteiger charge is -2.16. The molecular formula is C21H21N3O2. The first-order valence-corrected chi connectivity index (χ1v) is 8.94.